The molecule has 0 aromatic rings. The quantitative estimate of drug-likeness (QED) is 0.822. The Bertz CT molecular complexity index is 293. The Hall–Kier alpha value is -0.120. The second-order valence-corrected chi connectivity index (χ2v) is 8.24. The minimum Gasteiger partial charge on any atom is -0.310 e. The molecule has 0 aromatic heterocycles. The maximum atomic E-state index is 3.93. The topological polar surface area (TPSA) is 27.3 Å². The predicted octanol–water partition coefficient (Wildman–Crippen LogP) is 2.37. The first kappa shape index (κ1) is 15.3. The third-order valence-corrected chi connectivity index (χ3v) is 4.61. The number of likely N-dealkylation sites (tertiary alicyclic amines) is 1. The summed E-state index contributed by atoms with van der Waals surface area (Å²) in [6.07, 6.45) is 3.77. The largest absolute Gasteiger partial charge is 0.310 e. The van der Waals surface area contributed by atoms with Gasteiger partial charge in [-0.1, -0.05) is 0 Å². The van der Waals surface area contributed by atoms with Crippen molar-refractivity contribution in [2.45, 2.75) is 90.0 Å². The van der Waals surface area contributed by atoms with Gasteiger partial charge < -0.3 is 10.6 Å². The van der Waals surface area contributed by atoms with E-state index in [1.54, 1.807) is 0 Å². The van der Waals surface area contributed by atoms with Gasteiger partial charge in [-0.3, -0.25) is 4.90 Å². The van der Waals surface area contributed by atoms with Gasteiger partial charge >= 0.3 is 0 Å². The Labute approximate surface area is 119 Å². The van der Waals surface area contributed by atoms with E-state index in [9.17, 15) is 0 Å². The van der Waals surface area contributed by atoms with Crippen molar-refractivity contribution in [1.82, 2.24) is 15.5 Å². The van der Waals surface area contributed by atoms with E-state index < -0.39 is 0 Å². The van der Waals surface area contributed by atoms with Gasteiger partial charge in [0.2, 0.25) is 0 Å². The number of nitrogens with one attached hydrogen (secondary N) is 2. The van der Waals surface area contributed by atoms with Gasteiger partial charge in [-0.2, -0.15) is 0 Å². The molecule has 0 saturated carbocycles. The van der Waals surface area contributed by atoms with Gasteiger partial charge in [0, 0.05) is 35.7 Å². The van der Waals surface area contributed by atoms with E-state index in [-0.39, 0.29) is 11.1 Å². The lowest BCUT2D eigenvalue weighted by Gasteiger charge is -2.47. The van der Waals surface area contributed by atoms with Crippen LogP contribution in [0.15, 0.2) is 0 Å². The van der Waals surface area contributed by atoms with Crippen molar-refractivity contribution in [2.24, 2.45) is 0 Å². The summed E-state index contributed by atoms with van der Waals surface area (Å²) in [5.74, 6) is 0. The average Bonchev–Trinajstić information content (AvgIpc) is 2.60. The normalized spacial score (nSPS) is 32.1. The van der Waals surface area contributed by atoms with Crippen molar-refractivity contribution in [3.8, 4) is 0 Å². The number of hydrogen-bond acceptors (Lipinski definition) is 3. The molecule has 2 saturated heterocycles. The van der Waals surface area contributed by atoms with E-state index in [2.05, 4.69) is 57.1 Å². The van der Waals surface area contributed by atoms with Crippen LogP contribution in [0.3, 0.4) is 0 Å². The molecule has 0 amide bonds. The molecule has 3 heteroatoms. The van der Waals surface area contributed by atoms with Crippen LogP contribution in [0.4, 0.5) is 0 Å². The summed E-state index contributed by atoms with van der Waals surface area (Å²) in [4.78, 5) is 2.59. The summed E-state index contributed by atoms with van der Waals surface area (Å²) in [7, 11) is 0. The van der Waals surface area contributed by atoms with Gasteiger partial charge in [0.25, 0.3) is 0 Å². The van der Waals surface area contributed by atoms with Crippen LogP contribution in [0.5, 0.6) is 0 Å². The molecule has 0 aliphatic carbocycles. The van der Waals surface area contributed by atoms with Gasteiger partial charge in [0.05, 0.1) is 0 Å². The molecule has 0 radical (unpaired) electrons. The molecule has 112 valence electrons. The summed E-state index contributed by atoms with van der Waals surface area (Å²) in [6, 6.07) is 2.04. The zero-order chi connectivity index (χ0) is 14.3. The van der Waals surface area contributed by atoms with Crippen LogP contribution in [0, 0.1) is 0 Å². The molecule has 1 unspecified atom stereocenters. The molecule has 2 N–H and O–H groups in total. The number of hydrogen-bond donors (Lipinski definition) is 2. The summed E-state index contributed by atoms with van der Waals surface area (Å²) in [5.41, 5.74) is 0.492. The minimum atomic E-state index is 0.246. The molecular weight excluding hydrogens is 234 g/mol. The molecule has 2 aliphatic rings. The Kier molecular flexibility index (Phi) is 4.29. The third kappa shape index (κ3) is 4.17. The lowest BCUT2D eigenvalue weighted by molar-refractivity contribution is 0.139. The van der Waals surface area contributed by atoms with E-state index in [1.807, 2.05) is 0 Å². The Morgan fingerprint density at radius 2 is 1.63 bits per heavy atom. The van der Waals surface area contributed by atoms with Crippen LogP contribution in [0.2, 0.25) is 0 Å². The van der Waals surface area contributed by atoms with Crippen LogP contribution < -0.4 is 10.6 Å². The van der Waals surface area contributed by atoms with Crippen LogP contribution in [-0.2, 0) is 0 Å². The molecule has 2 fully saturated rings. The highest BCUT2D eigenvalue weighted by atomic mass is 15.2. The van der Waals surface area contributed by atoms with E-state index >= 15 is 0 Å². The molecular formula is C16H33N3. The summed E-state index contributed by atoms with van der Waals surface area (Å²) < 4.78 is 0. The van der Waals surface area contributed by atoms with E-state index in [0.717, 1.165) is 0 Å². The van der Waals surface area contributed by atoms with Gasteiger partial charge in [0.1, 0.15) is 0 Å². The lowest BCUT2D eigenvalue weighted by atomic mass is 9.79. The van der Waals surface area contributed by atoms with Crippen LogP contribution in [0.25, 0.3) is 0 Å². The number of piperidine rings is 1. The van der Waals surface area contributed by atoms with Crippen molar-refractivity contribution < 1.29 is 0 Å². The zero-order valence-electron chi connectivity index (χ0n) is 13.7. The van der Waals surface area contributed by atoms with Gasteiger partial charge in [-0.05, 0) is 67.3 Å². The summed E-state index contributed by atoms with van der Waals surface area (Å²) in [5, 5.41) is 7.70. The highest BCUT2D eigenvalue weighted by Crippen LogP contribution is 2.29. The van der Waals surface area contributed by atoms with Gasteiger partial charge in [-0.15, -0.1) is 0 Å². The highest BCUT2D eigenvalue weighted by Gasteiger charge is 2.38. The fraction of sp³-hybridized carbons (Fsp3) is 1.00. The first-order chi connectivity index (χ1) is 8.67. The van der Waals surface area contributed by atoms with E-state index in [1.165, 1.54) is 32.4 Å². The molecule has 19 heavy (non-hydrogen) atoms. The fourth-order valence-electron chi connectivity index (χ4n) is 4.17. The maximum absolute atomic E-state index is 3.93. The second kappa shape index (κ2) is 5.34. The van der Waals surface area contributed by atoms with Crippen LogP contribution in [-0.4, -0.2) is 47.2 Å². The van der Waals surface area contributed by atoms with Crippen LogP contribution >= 0.6 is 0 Å². The van der Waals surface area contributed by atoms with Crippen molar-refractivity contribution in [3.63, 3.8) is 0 Å². The minimum absolute atomic E-state index is 0.246. The third-order valence-electron chi connectivity index (χ3n) is 4.61. The molecule has 0 spiro atoms. The standard InChI is InChI=1S/C16H33N3/c1-12(2)19-8-7-13(11-19)17-14-9-15(3,4)18-16(5,6)10-14/h12-14,17-18H,7-11H2,1-6H3. The molecule has 3 nitrogen and oxygen atoms in total. The Morgan fingerprint density at radius 1 is 1.05 bits per heavy atom. The molecule has 2 aliphatic heterocycles. The summed E-state index contributed by atoms with van der Waals surface area (Å²) >= 11 is 0. The van der Waals surface area contributed by atoms with E-state index in [4.69, 9.17) is 0 Å². The van der Waals surface area contributed by atoms with Crippen LogP contribution in [0.1, 0.15) is 60.8 Å². The van der Waals surface area contributed by atoms with Gasteiger partial charge in [0.15, 0.2) is 0 Å². The lowest BCUT2D eigenvalue weighted by Crippen LogP contribution is -2.62. The monoisotopic (exact) mass is 267 g/mol. The van der Waals surface area contributed by atoms with Gasteiger partial charge in [-0.25, -0.2) is 0 Å². The second-order valence-electron chi connectivity index (χ2n) is 8.24. The first-order valence-electron chi connectivity index (χ1n) is 7.96. The number of rotatable bonds is 3. The Balaban J connectivity index is 1.89. The SMILES string of the molecule is CC(C)N1CCC(NC2CC(C)(C)NC(C)(C)C2)C1. The predicted molar refractivity (Wildman–Crippen MR) is 82.6 cm³/mol. The molecule has 0 aromatic carbocycles. The first-order valence-corrected chi connectivity index (χ1v) is 7.96. The highest BCUT2D eigenvalue weighted by molar-refractivity contribution is 5.00. The molecule has 1 atom stereocenters. The average molecular weight is 267 g/mol. The Morgan fingerprint density at radius 3 is 2.11 bits per heavy atom. The fourth-order valence-corrected chi connectivity index (χ4v) is 4.17. The van der Waals surface area contributed by atoms with Crippen molar-refractivity contribution in [3.05, 3.63) is 0 Å². The zero-order valence-corrected chi connectivity index (χ0v) is 13.7. The molecule has 2 heterocycles. The summed E-state index contributed by atoms with van der Waals surface area (Å²) in [6.45, 7) is 16.4. The molecule has 2 rings (SSSR count). The van der Waals surface area contributed by atoms with Crippen molar-refractivity contribution >= 4 is 0 Å². The van der Waals surface area contributed by atoms with Crippen molar-refractivity contribution in [1.29, 1.82) is 0 Å². The number of nitrogens with zero attached hydrogens (tertiary/aromatic N) is 1. The smallest absolute Gasteiger partial charge is 0.0209 e. The molecule has 0 bridgehead atoms. The maximum Gasteiger partial charge on any atom is 0.0209 e. The van der Waals surface area contributed by atoms with Crippen molar-refractivity contribution in [2.75, 3.05) is 13.1 Å². The van der Waals surface area contributed by atoms with E-state index in [0.29, 0.717) is 18.1 Å².